The summed E-state index contributed by atoms with van der Waals surface area (Å²) in [5.41, 5.74) is 11.0. The molecule has 0 fully saturated rings. The molecule has 0 spiro atoms. The van der Waals surface area contributed by atoms with E-state index in [1.165, 1.54) is 18.8 Å². The van der Waals surface area contributed by atoms with Crippen LogP contribution in [0.5, 0.6) is 0 Å². The molecule has 0 aliphatic rings. The summed E-state index contributed by atoms with van der Waals surface area (Å²) in [6.45, 7) is 1.45. The molecular weight excluding hydrogens is 1200 g/mol. The molecule has 5 heterocycles. The van der Waals surface area contributed by atoms with Gasteiger partial charge >= 0.3 is 37.7 Å². The van der Waals surface area contributed by atoms with Gasteiger partial charge in [0.25, 0.3) is 0 Å². The fourth-order valence-corrected chi connectivity index (χ4v) is 7.88. The molecule has 0 unspecified atom stereocenters. The Labute approximate surface area is 595 Å². The van der Waals surface area contributed by atoms with Crippen LogP contribution >= 0.6 is 23.2 Å². The number of anilines is 6. The van der Waals surface area contributed by atoms with Crippen molar-refractivity contribution in [3.8, 4) is 0 Å². The SMILES string of the molecule is C.C.C.C.C.C.C.C.C.C.C.C.ClCc1ccc(N(c2ccccc2)c2ccc(CCl)cc2)cc1.OCc1ccco1.[Li+].[Li+].[O-]Cc1ccco1.[O-]Cc1ccco1.c1ccc(N(c2ccc(COCc3ccco3)cc2)c2ccc(COCc3ccco3)cc2)cc1. The predicted molar refractivity (Wildman–Crippen MR) is 386 cm³/mol. The van der Waals surface area contributed by atoms with Gasteiger partial charge in [-0.05, 0) is 156 Å². The van der Waals surface area contributed by atoms with Gasteiger partial charge < -0.3 is 56.7 Å². The minimum absolute atomic E-state index is 0. The van der Waals surface area contributed by atoms with Crippen LogP contribution < -0.4 is 57.7 Å². The number of ether oxygens (including phenoxy) is 2. The second kappa shape index (κ2) is 58.7. The van der Waals surface area contributed by atoms with E-state index in [9.17, 15) is 10.2 Å². The standard InChI is InChI=1S/C30H27NO4.C20H17Cl2N.C5H6O2.2C5H5O2.12CH4.2Li/c1-2-6-26(7-3-1)31(27-14-10-24(11-15-27)20-32-22-29-8-4-18-34-29)28-16-12-25(13-17-28)21-33-23-30-9-5-19-35-30;21-14-16-6-10-19(11-7-16)23(18-4-2-1-3-5-18)20-12-8-17(15-22)9-13-20;3*6-4-5-2-1-3-7-5;;;;;;;;;;;;;;/h1-19H,20-23H2;1-13H,14-15H2;1-3,6H,4H2;2*1-3H,4H2;12*1H4;;/q;;;2*-1;;;;;;;;;;;;;2*+1. The molecule has 0 aliphatic carbocycles. The van der Waals surface area contributed by atoms with Gasteiger partial charge in [-0.15, -0.1) is 23.2 Å². The molecule has 11 rings (SSSR count). The Morgan fingerprint density at radius 1 is 0.290 bits per heavy atom. The minimum atomic E-state index is -0.257. The van der Waals surface area contributed by atoms with Crippen molar-refractivity contribution in [3.05, 3.63) is 301 Å². The number of halogens is 2. The Morgan fingerprint density at radius 3 is 0.731 bits per heavy atom. The molecule has 0 bridgehead atoms. The molecule has 0 radical (unpaired) electrons. The van der Waals surface area contributed by atoms with Crippen LogP contribution in [0.1, 0.15) is 140 Å². The number of hydrogen-bond acceptors (Lipinski definition) is 12. The number of benzene rings is 6. The van der Waals surface area contributed by atoms with E-state index in [0.717, 1.165) is 67.9 Å². The summed E-state index contributed by atoms with van der Waals surface area (Å²) in [7, 11) is 0. The predicted octanol–water partition coefficient (Wildman–Crippen LogP) is 17.1. The fraction of sp³-hybridized carbons (Fsp3) is 0.273. The molecule has 5 aromatic heterocycles. The summed E-state index contributed by atoms with van der Waals surface area (Å²) in [5.74, 6) is 4.31. The molecule has 93 heavy (non-hydrogen) atoms. The molecule has 12 nitrogen and oxygen atoms in total. The van der Waals surface area contributed by atoms with Gasteiger partial charge in [-0.2, -0.15) is 0 Å². The van der Waals surface area contributed by atoms with Gasteiger partial charge in [0.1, 0.15) is 37.1 Å². The second-order valence-electron chi connectivity index (χ2n) is 17.1. The molecule has 11 aromatic rings. The average molecular weight is 1310 g/mol. The van der Waals surface area contributed by atoms with Crippen molar-refractivity contribution in [2.45, 2.75) is 147 Å². The second-order valence-corrected chi connectivity index (χ2v) is 17.6. The fourth-order valence-electron chi connectivity index (χ4n) is 7.52. The quantitative estimate of drug-likeness (QED) is 0.0605. The first-order valence-electron chi connectivity index (χ1n) is 25.2. The molecular formula is C77H108Cl2Li2N2O10. The summed E-state index contributed by atoms with van der Waals surface area (Å²) in [5, 5.41) is 28.1. The molecule has 502 valence electrons. The van der Waals surface area contributed by atoms with Gasteiger partial charge in [0.2, 0.25) is 0 Å². The molecule has 1 N–H and O–H groups in total. The topological polar surface area (TPSA) is 157 Å². The van der Waals surface area contributed by atoms with E-state index in [2.05, 4.69) is 152 Å². The molecule has 0 atom stereocenters. The zero-order valence-corrected chi connectivity index (χ0v) is 46.8. The molecule has 6 aromatic carbocycles. The summed E-state index contributed by atoms with van der Waals surface area (Å²) in [4.78, 5) is 4.46. The van der Waals surface area contributed by atoms with Crippen LogP contribution in [0.4, 0.5) is 34.1 Å². The number of rotatable bonds is 19. The Bertz CT molecular complexity index is 3020. The van der Waals surface area contributed by atoms with Crippen molar-refractivity contribution in [2.24, 2.45) is 0 Å². The number of alkyl halides is 2. The number of para-hydroxylation sites is 2. The molecule has 0 aliphatic heterocycles. The Balaban J connectivity index is -0.000000180. The van der Waals surface area contributed by atoms with Crippen molar-refractivity contribution in [3.63, 3.8) is 0 Å². The van der Waals surface area contributed by atoms with Crippen molar-refractivity contribution in [1.82, 2.24) is 0 Å². The zero-order chi connectivity index (χ0) is 55.1. The van der Waals surface area contributed by atoms with Crippen molar-refractivity contribution >= 4 is 57.3 Å². The molecule has 0 amide bonds. The number of hydrogen-bond donors (Lipinski definition) is 1. The first-order valence-corrected chi connectivity index (χ1v) is 26.3. The van der Waals surface area contributed by atoms with Gasteiger partial charge in [-0.25, -0.2) is 0 Å². The molecule has 16 heteroatoms. The van der Waals surface area contributed by atoms with Crippen LogP contribution in [0, 0.1) is 0 Å². The van der Waals surface area contributed by atoms with Crippen LogP contribution in [-0.4, -0.2) is 5.11 Å². The van der Waals surface area contributed by atoms with Gasteiger partial charge in [0, 0.05) is 45.9 Å². The van der Waals surface area contributed by atoms with Crippen molar-refractivity contribution < 1.29 is 84.6 Å². The average Bonchev–Trinajstić information content (AvgIpc) is 1.38. The van der Waals surface area contributed by atoms with Crippen molar-refractivity contribution in [1.29, 1.82) is 0 Å². The van der Waals surface area contributed by atoms with E-state index >= 15 is 0 Å². The number of aliphatic hydroxyl groups excluding tert-OH is 1. The van der Waals surface area contributed by atoms with Gasteiger partial charge in [0.05, 0.1) is 56.1 Å². The maximum Gasteiger partial charge on any atom is 1.00 e. The monoisotopic (exact) mass is 1300 g/mol. The Hall–Kier alpha value is -7.11. The van der Waals surface area contributed by atoms with E-state index in [1.54, 1.807) is 48.9 Å². The minimum Gasteiger partial charge on any atom is -0.849 e. The number of nitrogens with zero attached hydrogens (tertiary/aromatic N) is 2. The third-order valence-corrected chi connectivity index (χ3v) is 12.1. The van der Waals surface area contributed by atoms with E-state index in [0.29, 0.717) is 55.5 Å². The van der Waals surface area contributed by atoms with Crippen LogP contribution in [0.3, 0.4) is 0 Å². The first kappa shape index (κ1) is 102. The van der Waals surface area contributed by atoms with E-state index in [1.807, 2.05) is 48.5 Å². The third-order valence-electron chi connectivity index (χ3n) is 11.5. The smallest absolute Gasteiger partial charge is 0.849 e. The number of aliphatic hydroxyl groups is 1. The van der Waals surface area contributed by atoms with Gasteiger partial charge in [-0.3, -0.25) is 0 Å². The van der Waals surface area contributed by atoms with Crippen LogP contribution in [-0.2, 0) is 67.5 Å². The maximum atomic E-state index is 9.90. The summed E-state index contributed by atoms with van der Waals surface area (Å²) in [6, 6.07) is 72.0. The van der Waals surface area contributed by atoms with Gasteiger partial charge in [-0.1, -0.05) is 187 Å². The normalized spacial score (nSPS) is 8.83. The summed E-state index contributed by atoms with van der Waals surface area (Å²) < 4.78 is 36.3. The Morgan fingerprint density at radius 2 is 0.527 bits per heavy atom. The van der Waals surface area contributed by atoms with Crippen LogP contribution in [0.2, 0.25) is 0 Å². The zero-order valence-electron chi connectivity index (χ0n) is 45.3. The third kappa shape index (κ3) is 34.6. The van der Waals surface area contributed by atoms with Gasteiger partial charge in [0.15, 0.2) is 0 Å². The number of furan rings is 5. The van der Waals surface area contributed by atoms with E-state index in [-0.39, 0.29) is 147 Å². The van der Waals surface area contributed by atoms with Crippen LogP contribution in [0.15, 0.2) is 272 Å². The van der Waals surface area contributed by atoms with E-state index in [4.69, 9.17) is 51.0 Å². The Kier molecular flexibility index (Phi) is 64.4. The summed E-state index contributed by atoms with van der Waals surface area (Å²) in [6.07, 6.45) is 7.84. The van der Waals surface area contributed by atoms with Crippen molar-refractivity contribution in [2.75, 3.05) is 9.80 Å². The largest absolute Gasteiger partial charge is 1.00 e. The molecule has 0 saturated heterocycles. The summed E-state index contributed by atoms with van der Waals surface area (Å²) >= 11 is 11.8. The maximum absolute atomic E-state index is 9.90. The first-order chi connectivity index (χ1) is 39.0. The van der Waals surface area contributed by atoms with Crippen LogP contribution in [0.25, 0.3) is 0 Å². The van der Waals surface area contributed by atoms with E-state index < -0.39 is 0 Å². The molecule has 0 saturated carbocycles.